The number of rotatable bonds is 4. The zero-order valence-corrected chi connectivity index (χ0v) is 7.20. The molecule has 0 bridgehead atoms. The maximum Gasteiger partial charge on any atom is 0.0201 e. The van der Waals surface area contributed by atoms with Gasteiger partial charge in [-0.2, -0.15) is 0 Å². The molecule has 0 atom stereocenters. The Morgan fingerprint density at radius 1 is 1.60 bits per heavy atom. The van der Waals surface area contributed by atoms with Gasteiger partial charge in [0.1, 0.15) is 0 Å². The van der Waals surface area contributed by atoms with Crippen LogP contribution in [0.15, 0.2) is 23.8 Å². The Morgan fingerprint density at radius 3 is 2.50 bits per heavy atom. The average molecular weight is 139 g/mol. The molecule has 0 aromatic carbocycles. The summed E-state index contributed by atoms with van der Waals surface area (Å²) in [5.74, 6) is 0. The summed E-state index contributed by atoms with van der Waals surface area (Å²) in [6, 6.07) is 0. The fourth-order valence-corrected chi connectivity index (χ4v) is 0.849. The highest BCUT2D eigenvalue weighted by Crippen LogP contribution is 2.09. The second kappa shape index (κ2) is 5.24. The maximum absolute atomic E-state index is 3.95. The fraction of sp³-hybridized carbons (Fsp3) is 0.556. The van der Waals surface area contributed by atoms with E-state index in [1.807, 2.05) is 14.0 Å². The predicted octanol–water partition coefficient (Wildman–Crippen LogP) is 2.12. The van der Waals surface area contributed by atoms with Gasteiger partial charge in [0.25, 0.3) is 0 Å². The fourth-order valence-electron chi connectivity index (χ4n) is 0.849. The lowest BCUT2D eigenvalue weighted by atomic mass is 10.1. The quantitative estimate of drug-likeness (QED) is 0.588. The number of nitrogens with one attached hydrogen (secondary N) is 1. The van der Waals surface area contributed by atoms with Crippen LogP contribution in [-0.2, 0) is 0 Å². The summed E-state index contributed by atoms with van der Waals surface area (Å²) in [6.45, 7) is 9.06. The Hall–Kier alpha value is -0.560. The normalized spacial score (nSPS) is 11.7. The van der Waals surface area contributed by atoms with Crippen molar-refractivity contribution < 1.29 is 0 Å². The summed E-state index contributed by atoms with van der Waals surface area (Å²) in [7, 11) is 1.95. The molecular formula is C9H17N. The molecule has 10 heavy (non-hydrogen) atoms. The van der Waals surface area contributed by atoms with Crippen LogP contribution in [0.4, 0.5) is 0 Å². The molecule has 1 N–H and O–H groups in total. The van der Waals surface area contributed by atoms with Gasteiger partial charge in [0, 0.05) is 6.54 Å². The summed E-state index contributed by atoms with van der Waals surface area (Å²) >= 11 is 0. The van der Waals surface area contributed by atoms with Gasteiger partial charge in [-0.25, -0.2) is 0 Å². The minimum Gasteiger partial charge on any atom is -0.316 e. The third-order valence-electron chi connectivity index (χ3n) is 1.60. The minimum absolute atomic E-state index is 0.934. The number of allylic oxidation sites excluding steroid dienone is 1. The smallest absolute Gasteiger partial charge is 0.0201 e. The van der Waals surface area contributed by atoms with Crippen LogP contribution in [0.3, 0.4) is 0 Å². The standard InChI is InChI=1S/C9H17N/c1-5-8(3)9(6-2)7-10-4/h6,10H,3,5,7H2,1-2,4H3/b9-6-. The van der Waals surface area contributed by atoms with Crippen molar-refractivity contribution in [3.05, 3.63) is 23.8 Å². The first kappa shape index (κ1) is 9.44. The van der Waals surface area contributed by atoms with Gasteiger partial charge in [-0.15, -0.1) is 0 Å². The Kier molecular flexibility index (Phi) is 4.95. The number of hydrogen-bond acceptors (Lipinski definition) is 1. The summed E-state index contributed by atoms with van der Waals surface area (Å²) in [5, 5.41) is 3.10. The van der Waals surface area contributed by atoms with Crippen LogP contribution in [0.1, 0.15) is 20.3 Å². The van der Waals surface area contributed by atoms with E-state index in [-0.39, 0.29) is 0 Å². The minimum atomic E-state index is 0.934. The Labute approximate surface area is 63.8 Å². The second-order valence-electron chi connectivity index (χ2n) is 2.30. The van der Waals surface area contributed by atoms with Gasteiger partial charge in [-0.1, -0.05) is 25.2 Å². The van der Waals surface area contributed by atoms with Gasteiger partial charge in [-0.3, -0.25) is 0 Å². The topological polar surface area (TPSA) is 12.0 Å². The van der Waals surface area contributed by atoms with Gasteiger partial charge in [0.2, 0.25) is 0 Å². The highest BCUT2D eigenvalue weighted by atomic mass is 14.8. The molecule has 0 aromatic heterocycles. The molecule has 58 valence electrons. The molecule has 0 rings (SSSR count). The molecule has 0 radical (unpaired) electrons. The van der Waals surface area contributed by atoms with E-state index in [2.05, 4.69) is 24.9 Å². The SMILES string of the molecule is C=C(CC)/C(=C\C)CNC. The second-order valence-corrected chi connectivity index (χ2v) is 2.30. The van der Waals surface area contributed by atoms with Crippen molar-refractivity contribution in [1.29, 1.82) is 0 Å². The molecule has 0 aliphatic rings. The van der Waals surface area contributed by atoms with E-state index in [0.717, 1.165) is 13.0 Å². The molecule has 0 aliphatic heterocycles. The number of hydrogen-bond donors (Lipinski definition) is 1. The van der Waals surface area contributed by atoms with Gasteiger partial charge >= 0.3 is 0 Å². The Morgan fingerprint density at radius 2 is 2.20 bits per heavy atom. The monoisotopic (exact) mass is 139 g/mol. The summed E-state index contributed by atoms with van der Waals surface area (Å²) < 4.78 is 0. The lowest BCUT2D eigenvalue weighted by Gasteiger charge is -2.06. The van der Waals surface area contributed by atoms with Gasteiger partial charge < -0.3 is 5.32 Å². The van der Waals surface area contributed by atoms with Gasteiger partial charge in [0.15, 0.2) is 0 Å². The van der Waals surface area contributed by atoms with Crippen LogP contribution < -0.4 is 5.32 Å². The average Bonchev–Trinajstić information content (AvgIpc) is 1.99. The number of likely N-dealkylation sites (N-methyl/N-ethyl adjacent to an activating group) is 1. The van der Waals surface area contributed by atoms with E-state index in [1.165, 1.54) is 11.1 Å². The van der Waals surface area contributed by atoms with Crippen molar-refractivity contribution >= 4 is 0 Å². The summed E-state index contributed by atoms with van der Waals surface area (Å²) in [4.78, 5) is 0. The van der Waals surface area contributed by atoms with Gasteiger partial charge in [0.05, 0.1) is 0 Å². The van der Waals surface area contributed by atoms with E-state index in [1.54, 1.807) is 0 Å². The van der Waals surface area contributed by atoms with E-state index in [0.29, 0.717) is 0 Å². The molecule has 0 saturated carbocycles. The molecular weight excluding hydrogens is 122 g/mol. The van der Waals surface area contributed by atoms with E-state index in [9.17, 15) is 0 Å². The third kappa shape index (κ3) is 2.83. The van der Waals surface area contributed by atoms with Crippen LogP contribution in [0, 0.1) is 0 Å². The van der Waals surface area contributed by atoms with Crippen molar-refractivity contribution in [2.45, 2.75) is 20.3 Å². The highest BCUT2D eigenvalue weighted by Gasteiger charge is 1.95. The Balaban J connectivity index is 3.95. The molecule has 0 aromatic rings. The zero-order valence-electron chi connectivity index (χ0n) is 7.20. The van der Waals surface area contributed by atoms with Crippen molar-refractivity contribution in [3.8, 4) is 0 Å². The summed E-state index contributed by atoms with van der Waals surface area (Å²) in [6.07, 6.45) is 3.16. The van der Waals surface area contributed by atoms with Crippen LogP contribution in [0.5, 0.6) is 0 Å². The lowest BCUT2D eigenvalue weighted by molar-refractivity contribution is 0.872. The predicted molar refractivity (Wildman–Crippen MR) is 47.1 cm³/mol. The van der Waals surface area contributed by atoms with Crippen LogP contribution >= 0.6 is 0 Å². The third-order valence-corrected chi connectivity index (χ3v) is 1.60. The van der Waals surface area contributed by atoms with Crippen molar-refractivity contribution in [3.63, 3.8) is 0 Å². The molecule has 0 aliphatic carbocycles. The molecule has 1 heteroatoms. The Bertz CT molecular complexity index is 134. The maximum atomic E-state index is 3.95. The van der Waals surface area contributed by atoms with Gasteiger partial charge in [-0.05, 0) is 26.0 Å². The van der Waals surface area contributed by atoms with Crippen LogP contribution in [0.25, 0.3) is 0 Å². The molecule has 0 heterocycles. The zero-order chi connectivity index (χ0) is 7.98. The molecule has 0 amide bonds. The molecule has 0 spiro atoms. The van der Waals surface area contributed by atoms with E-state index in [4.69, 9.17) is 0 Å². The first-order chi connectivity index (χ1) is 4.76. The largest absolute Gasteiger partial charge is 0.316 e. The van der Waals surface area contributed by atoms with E-state index >= 15 is 0 Å². The highest BCUT2D eigenvalue weighted by molar-refractivity contribution is 5.28. The van der Waals surface area contributed by atoms with E-state index < -0.39 is 0 Å². The first-order valence-corrected chi connectivity index (χ1v) is 3.74. The lowest BCUT2D eigenvalue weighted by Crippen LogP contribution is -2.11. The van der Waals surface area contributed by atoms with Crippen LogP contribution in [0.2, 0.25) is 0 Å². The summed E-state index contributed by atoms with van der Waals surface area (Å²) in [5.41, 5.74) is 2.56. The van der Waals surface area contributed by atoms with Crippen LogP contribution in [-0.4, -0.2) is 13.6 Å². The van der Waals surface area contributed by atoms with Crippen molar-refractivity contribution in [2.24, 2.45) is 0 Å². The van der Waals surface area contributed by atoms with Crippen molar-refractivity contribution in [2.75, 3.05) is 13.6 Å². The first-order valence-electron chi connectivity index (χ1n) is 3.74. The van der Waals surface area contributed by atoms with Crippen molar-refractivity contribution in [1.82, 2.24) is 5.32 Å². The molecule has 0 saturated heterocycles. The molecule has 0 unspecified atom stereocenters. The molecule has 0 fully saturated rings. The molecule has 1 nitrogen and oxygen atoms in total.